The number of nitrogens with one attached hydrogen (secondary N) is 3. The first-order valence-electron chi connectivity index (χ1n) is 11.8. The molecule has 0 radical (unpaired) electrons. The van der Waals surface area contributed by atoms with Crippen LogP contribution < -0.4 is 16.0 Å². The van der Waals surface area contributed by atoms with E-state index in [2.05, 4.69) is 36.7 Å². The Balaban J connectivity index is 1.78. The molecule has 35 heavy (non-hydrogen) atoms. The van der Waals surface area contributed by atoms with Gasteiger partial charge in [-0.1, -0.05) is 56.1 Å². The summed E-state index contributed by atoms with van der Waals surface area (Å²) in [6.07, 6.45) is 0.498. The lowest BCUT2D eigenvalue weighted by molar-refractivity contribution is -0.138. The summed E-state index contributed by atoms with van der Waals surface area (Å²) < 4.78 is 14.9. The lowest BCUT2D eigenvalue weighted by Crippen LogP contribution is -2.56. The van der Waals surface area contributed by atoms with Gasteiger partial charge in [0.05, 0.1) is 16.5 Å². The summed E-state index contributed by atoms with van der Waals surface area (Å²) in [5.74, 6) is -2.00. The first-order chi connectivity index (χ1) is 16.5. The molecule has 2 aromatic carbocycles. The average Bonchev–Trinajstić information content (AvgIpc) is 3.44. The van der Waals surface area contributed by atoms with Gasteiger partial charge in [0.25, 0.3) is 0 Å². The predicted octanol–water partition coefficient (Wildman–Crippen LogP) is 4.27. The number of carbonyl (C=O) groups is 2. The molecule has 3 N–H and O–H groups in total. The third-order valence-electron chi connectivity index (χ3n) is 7.21. The van der Waals surface area contributed by atoms with Crippen molar-refractivity contribution < 1.29 is 14.0 Å². The van der Waals surface area contributed by atoms with Crippen LogP contribution in [-0.2, 0) is 15.1 Å². The fourth-order valence-corrected chi connectivity index (χ4v) is 6.31. The molecule has 0 aromatic heterocycles. The summed E-state index contributed by atoms with van der Waals surface area (Å²) >= 11 is 12.5. The molecule has 3 atom stereocenters. The maximum Gasteiger partial charge on any atom is 0.246 e. The molecule has 2 fully saturated rings. The highest BCUT2D eigenvalue weighted by atomic mass is 35.5. The normalized spacial score (nSPS) is 28.0. The number of anilines is 1. The summed E-state index contributed by atoms with van der Waals surface area (Å²) in [6.45, 7) is 8.61. The van der Waals surface area contributed by atoms with Crippen molar-refractivity contribution in [1.82, 2.24) is 15.5 Å². The molecule has 3 aliphatic rings. The van der Waals surface area contributed by atoms with Gasteiger partial charge in [-0.3, -0.25) is 14.9 Å². The van der Waals surface area contributed by atoms with Gasteiger partial charge in [0.1, 0.15) is 11.4 Å². The van der Waals surface area contributed by atoms with Gasteiger partial charge in [-0.2, -0.15) is 0 Å². The average molecular weight is 519 g/mol. The fourth-order valence-electron chi connectivity index (χ4n) is 5.95. The first kappa shape index (κ1) is 24.5. The summed E-state index contributed by atoms with van der Waals surface area (Å²) in [5.41, 5.74) is -0.967. The number of hydrogen-bond donors (Lipinski definition) is 3. The van der Waals surface area contributed by atoms with Crippen molar-refractivity contribution in [1.29, 1.82) is 0 Å². The van der Waals surface area contributed by atoms with Crippen molar-refractivity contribution in [2.45, 2.75) is 44.2 Å². The molecule has 3 unspecified atom stereocenters. The Morgan fingerprint density at radius 2 is 1.89 bits per heavy atom. The Kier molecular flexibility index (Phi) is 5.91. The zero-order valence-electron chi connectivity index (χ0n) is 20.0. The fraction of sp³-hybridized carbons (Fsp3) is 0.462. The number of nitrogens with zero attached hydrogens (tertiary/aromatic N) is 1. The van der Waals surface area contributed by atoms with E-state index in [1.807, 2.05) is 6.07 Å². The van der Waals surface area contributed by atoms with Gasteiger partial charge in [-0.25, -0.2) is 4.39 Å². The minimum atomic E-state index is -1.31. The standard InChI is InChI=1S/C26H29Cl2FN4O2/c1-24(2,3)14-25-17-12-19(29)18(28)13-20(17)31-22(34)21(15-5-4-6-16(27)11-15)26(25,32-25)23(35)33-9-7-30-8-10-33/h4-6,11-13,21,30,32H,7-10,14H2,1-3H3,(H,31,34). The van der Waals surface area contributed by atoms with Crippen LogP contribution >= 0.6 is 23.2 Å². The van der Waals surface area contributed by atoms with Gasteiger partial charge in [0.15, 0.2) is 0 Å². The molecule has 0 bridgehead atoms. The zero-order valence-corrected chi connectivity index (χ0v) is 21.5. The van der Waals surface area contributed by atoms with Crippen molar-refractivity contribution in [2.75, 3.05) is 31.5 Å². The highest BCUT2D eigenvalue weighted by molar-refractivity contribution is 6.31. The molecule has 2 saturated heterocycles. The van der Waals surface area contributed by atoms with Gasteiger partial charge in [-0.05, 0) is 41.7 Å². The molecular formula is C26H29Cl2FN4O2. The topological polar surface area (TPSA) is 83.4 Å². The Morgan fingerprint density at radius 1 is 1.17 bits per heavy atom. The first-order valence-corrected chi connectivity index (χ1v) is 12.6. The SMILES string of the molecule is CC(C)(C)CC12NC1(C(=O)N1CCNCC1)C(c1cccc(Cl)c1)C(=O)Nc1cc(Cl)c(F)cc12. The number of halogens is 3. The third kappa shape index (κ3) is 3.93. The maximum atomic E-state index is 14.9. The summed E-state index contributed by atoms with van der Waals surface area (Å²) in [5, 5.41) is 10.1. The second-order valence-electron chi connectivity index (χ2n) is 10.9. The molecule has 2 amide bonds. The van der Waals surface area contributed by atoms with Crippen LogP contribution in [0, 0.1) is 11.2 Å². The minimum absolute atomic E-state index is 0.0872. The smallest absolute Gasteiger partial charge is 0.246 e. The van der Waals surface area contributed by atoms with Crippen LogP contribution in [0.5, 0.6) is 0 Å². The summed E-state index contributed by atoms with van der Waals surface area (Å²) in [4.78, 5) is 30.1. The van der Waals surface area contributed by atoms with Crippen LogP contribution in [0.1, 0.15) is 44.2 Å². The van der Waals surface area contributed by atoms with Crippen LogP contribution in [0.25, 0.3) is 0 Å². The highest BCUT2D eigenvalue weighted by Gasteiger charge is 2.79. The molecule has 9 heteroatoms. The van der Waals surface area contributed by atoms with Crippen LogP contribution in [-0.4, -0.2) is 48.4 Å². The number of rotatable bonds is 3. The van der Waals surface area contributed by atoms with E-state index in [-0.39, 0.29) is 22.3 Å². The van der Waals surface area contributed by atoms with Gasteiger partial charge in [0, 0.05) is 42.5 Å². The molecule has 3 heterocycles. The van der Waals surface area contributed by atoms with Crippen molar-refractivity contribution in [2.24, 2.45) is 5.41 Å². The van der Waals surface area contributed by atoms with Gasteiger partial charge in [0.2, 0.25) is 11.8 Å². The second-order valence-corrected chi connectivity index (χ2v) is 11.8. The van der Waals surface area contributed by atoms with Crippen molar-refractivity contribution in [3.8, 4) is 0 Å². The molecule has 5 rings (SSSR count). The lowest BCUT2D eigenvalue weighted by Gasteiger charge is -2.36. The van der Waals surface area contributed by atoms with Crippen LogP contribution in [0.3, 0.4) is 0 Å². The largest absolute Gasteiger partial charge is 0.338 e. The second kappa shape index (κ2) is 8.44. The lowest BCUT2D eigenvalue weighted by atomic mass is 9.69. The van der Waals surface area contributed by atoms with E-state index < -0.39 is 22.8 Å². The van der Waals surface area contributed by atoms with Crippen LogP contribution in [0.4, 0.5) is 10.1 Å². The van der Waals surface area contributed by atoms with E-state index in [0.29, 0.717) is 54.4 Å². The number of hydrogen-bond acceptors (Lipinski definition) is 4. The molecule has 2 aromatic rings. The number of fused-ring (bicyclic) bond motifs is 3. The Bertz CT molecular complexity index is 1210. The maximum absolute atomic E-state index is 14.9. The molecular weight excluding hydrogens is 490 g/mol. The van der Waals surface area contributed by atoms with E-state index in [0.717, 1.165) is 0 Å². The molecule has 3 aliphatic heterocycles. The van der Waals surface area contributed by atoms with Crippen molar-refractivity contribution in [3.05, 3.63) is 63.4 Å². The van der Waals surface area contributed by atoms with Crippen molar-refractivity contribution in [3.63, 3.8) is 0 Å². The Morgan fingerprint density at radius 3 is 2.54 bits per heavy atom. The Hall–Kier alpha value is -2.19. The van der Waals surface area contributed by atoms with E-state index in [1.54, 1.807) is 23.1 Å². The number of carbonyl (C=O) groups excluding carboxylic acids is 2. The summed E-state index contributed by atoms with van der Waals surface area (Å²) in [7, 11) is 0. The third-order valence-corrected chi connectivity index (χ3v) is 7.74. The molecule has 6 nitrogen and oxygen atoms in total. The monoisotopic (exact) mass is 518 g/mol. The van der Waals surface area contributed by atoms with E-state index in [1.165, 1.54) is 12.1 Å². The molecule has 186 valence electrons. The van der Waals surface area contributed by atoms with Crippen molar-refractivity contribution >= 4 is 40.7 Å². The van der Waals surface area contributed by atoms with Gasteiger partial charge < -0.3 is 15.5 Å². The predicted molar refractivity (Wildman–Crippen MR) is 135 cm³/mol. The van der Waals surface area contributed by atoms with Gasteiger partial charge >= 0.3 is 0 Å². The summed E-state index contributed by atoms with van der Waals surface area (Å²) in [6, 6.07) is 9.85. The quantitative estimate of drug-likeness (QED) is 0.529. The van der Waals surface area contributed by atoms with E-state index >= 15 is 0 Å². The van der Waals surface area contributed by atoms with Crippen LogP contribution in [0.15, 0.2) is 36.4 Å². The number of amides is 2. The number of piperazine rings is 1. The highest BCUT2D eigenvalue weighted by Crippen LogP contribution is 2.63. The molecule has 0 saturated carbocycles. The molecule has 0 aliphatic carbocycles. The van der Waals surface area contributed by atoms with E-state index in [9.17, 15) is 14.0 Å². The number of benzene rings is 2. The zero-order chi connectivity index (χ0) is 25.2. The Labute approximate surface area is 214 Å². The van der Waals surface area contributed by atoms with E-state index in [4.69, 9.17) is 23.2 Å². The minimum Gasteiger partial charge on any atom is -0.338 e. The van der Waals surface area contributed by atoms with Crippen LogP contribution in [0.2, 0.25) is 10.0 Å². The van der Waals surface area contributed by atoms with Gasteiger partial charge in [-0.15, -0.1) is 0 Å². The molecule has 0 spiro atoms.